The smallest absolute Gasteiger partial charge is 0.191 e. The van der Waals surface area contributed by atoms with Crippen LogP contribution in [0.3, 0.4) is 0 Å². The lowest BCUT2D eigenvalue weighted by Crippen LogP contribution is -2.36. The Morgan fingerprint density at radius 1 is 1.11 bits per heavy atom. The van der Waals surface area contributed by atoms with Crippen LogP contribution in [0.4, 0.5) is 0 Å². The third-order valence-corrected chi connectivity index (χ3v) is 6.04. The molecule has 142 valence electrons. The molecular weight excluding hydrogens is 378 g/mol. The zero-order valence-electron chi connectivity index (χ0n) is 15.9. The second kappa shape index (κ2) is 8.96. The molecule has 2 aromatic heterocycles. The average Bonchev–Trinajstić information content (AvgIpc) is 3.29. The second-order valence-electron chi connectivity index (χ2n) is 5.90. The summed E-state index contributed by atoms with van der Waals surface area (Å²) in [6, 6.07) is 7.94. The zero-order valence-corrected chi connectivity index (χ0v) is 17.5. The van der Waals surface area contributed by atoms with Crippen LogP contribution >= 0.6 is 22.7 Å². The Hall–Kier alpha value is -2.45. The summed E-state index contributed by atoms with van der Waals surface area (Å²) in [4.78, 5) is 14.8. The van der Waals surface area contributed by atoms with Crippen LogP contribution in [0.15, 0.2) is 34.6 Å². The number of hydrogen-bond acceptors (Lipinski definition) is 6. The lowest BCUT2D eigenvalue weighted by molar-refractivity contribution is 0.415. The number of nitrogens with zero attached hydrogens (tertiary/aromatic N) is 3. The van der Waals surface area contributed by atoms with E-state index in [2.05, 4.69) is 32.9 Å². The molecule has 0 spiro atoms. The summed E-state index contributed by atoms with van der Waals surface area (Å²) in [5, 5.41) is 10.7. The first-order chi connectivity index (χ1) is 13.1. The highest BCUT2D eigenvalue weighted by Gasteiger charge is 2.07. The Labute approximate surface area is 167 Å². The molecule has 0 fully saturated rings. The first kappa shape index (κ1) is 19.3. The van der Waals surface area contributed by atoms with Crippen molar-refractivity contribution in [2.24, 2.45) is 4.99 Å². The van der Waals surface area contributed by atoms with Crippen molar-refractivity contribution >= 4 is 28.6 Å². The van der Waals surface area contributed by atoms with Crippen molar-refractivity contribution in [3.8, 4) is 16.3 Å². The van der Waals surface area contributed by atoms with E-state index in [0.717, 1.165) is 38.7 Å². The number of nitrogens with one attached hydrogen (secondary N) is 2. The minimum Gasteiger partial charge on any atom is -0.497 e. The van der Waals surface area contributed by atoms with Gasteiger partial charge < -0.3 is 15.4 Å². The van der Waals surface area contributed by atoms with Gasteiger partial charge in [-0.15, -0.1) is 22.7 Å². The third-order valence-electron chi connectivity index (χ3n) is 4.03. The van der Waals surface area contributed by atoms with Gasteiger partial charge in [-0.05, 0) is 38.1 Å². The van der Waals surface area contributed by atoms with Gasteiger partial charge in [0.2, 0.25) is 0 Å². The molecule has 0 bridgehead atoms. The van der Waals surface area contributed by atoms with Gasteiger partial charge in [-0.3, -0.25) is 4.99 Å². The molecule has 0 aliphatic carbocycles. The molecule has 1 aromatic carbocycles. The average molecular weight is 402 g/mol. The van der Waals surface area contributed by atoms with Crippen molar-refractivity contribution < 1.29 is 4.74 Å². The van der Waals surface area contributed by atoms with Gasteiger partial charge in [0.05, 0.1) is 31.6 Å². The van der Waals surface area contributed by atoms with E-state index in [1.165, 1.54) is 4.88 Å². The Morgan fingerprint density at radius 2 is 1.85 bits per heavy atom. The molecule has 0 saturated carbocycles. The molecule has 0 saturated heterocycles. The van der Waals surface area contributed by atoms with Gasteiger partial charge in [-0.25, -0.2) is 9.97 Å². The van der Waals surface area contributed by atoms with Crippen molar-refractivity contribution in [2.45, 2.75) is 26.9 Å². The first-order valence-corrected chi connectivity index (χ1v) is 10.2. The van der Waals surface area contributed by atoms with Crippen molar-refractivity contribution in [3.63, 3.8) is 0 Å². The number of benzene rings is 1. The van der Waals surface area contributed by atoms with Crippen molar-refractivity contribution in [1.29, 1.82) is 0 Å². The Bertz CT molecular complexity index is 895. The summed E-state index contributed by atoms with van der Waals surface area (Å²) in [5.41, 5.74) is 3.16. The maximum Gasteiger partial charge on any atom is 0.191 e. The molecule has 6 nitrogen and oxygen atoms in total. The number of aromatic nitrogens is 2. The minimum absolute atomic E-state index is 0.613. The maximum atomic E-state index is 5.20. The van der Waals surface area contributed by atoms with Gasteiger partial charge >= 0.3 is 0 Å². The van der Waals surface area contributed by atoms with Gasteiger partial charge in [0.1, 0.15) is 15.8 Å². The van der Waals surface area contributed by atoms with Crippen LogP contribution in [0.1, 0.15) is 21.3 Å². The number of methoxy groups -OCH3 is 1. The molecule has 0 radical (unpaired) electrons. The molecule has 2 heterocycles. The normalized spacial score (nSPS) is 11.5. The van der Waals surface area contributed by atoms with Crippen LogP contribution in [-0.2, 0) is 13.1 Å². The number of rotatable bonds is 6. The van der Waals surface area contributed by atoms with Crippen LogP contribution in [0, 0.1) is 13.8 Å². The van der Waals surface area contributed by atoms with Crippen LogP contribution in [0.25, 0.3) is 10.6 Å². The summed E-state index contributed by atoms with van der Waals surface area (Å²) in [6.45, 7) is 5.40. The predicted octanol–water partition coefficient (Wildman–Crippen LogP) is 3.76. The topological polar surface area (TPSA) is 71.4 Å². The van der Waals surface area contributed by atoms with Gasteiger partial charge in [0.25, 0.3) is 0 Å². The first-order valence-electron chi connectivity index (χ1n) is 8.55. The number of guanidine groups is 1. The molecule has 0 aliphatic heterocycles. The van der Waals surface area contributed by atoms with Crippen molar-refractivity contribution in [1.82, 2.24) is 20.6 Å². The summed E-state index contributed by atoms with van der Waals surface area (Å²) in [6.07, 6.45) is 0. The van der Waals surface area contributed by atoms with Crippen molar-refractivity contribution in [3.05, 3.63) is 50.9 Å². The molecule has 0 aliphatic rings. The van der Waals surface area contributed by atoms with Gasteiger partial charge in [0, 0.05) is 22.9 Å². The lowest BCUT2D eigenvalue weighted by atomic mass is 10.2. The van der Waals surface area contributed by atoms with E-state index in [9.17, 15) is 0 Å². The maximum absolute atomic E-state index is 5.20. The van der Waals surface area contributed by atoms with Gasteiger partial charge in [-0.2, -0.15) is 0 Å². The van der Waals surface area contributed by atoms with Crippen LogP contribution in [0.5, 0.6) is 5.75 Å². The predicted molar refractivity (Wildman–Crippen MR) is 113 cm³/mol. The van der Waals surface area contributed by atoms with E-state index < -0.39 is 0 Å². The summed E-state index contributed by atoms with van der Waals surface area (Å²) in [5.74, 6) is 1.58. The molecule has 8 heteroatoms. The quantitative estimate of drug-likeness (QED) is 0.486. The molecule has 0 unspecified atom stereocenters. The van der Waals surface area contributed by atoms with Crippen LogP contribution < -0.4 is 15.4 Å². The third kappa shape index (κ3) is 5.05. The van der Waals surface area contributed by atoms with E-state index in [0.29, 0.717) is 13.1 Å². The largest absolute Gasteiger partial charge is 0.497 e. The highest BCUT2D eigenvalue weighted by molar-refractivity contribution is 7.13. The van der Waals surface area contributed by atoms with Gasteiger partial charge in [-0.1, -0.05) is 0 Å². The van der Waals surface area contributed by atoms with E-state index in [1.807, 2.05) is 31.2 Å². The molecule has 3 aromatic rings. The second-order valence-corrected chi connectivity index (χ2v) is 8.05. The summed E-state index contributed by atoms with van der Waals surface area (Å²) < 4.78 is 5.20. The van der Waals surface area contributed by atoms with Gasteiger partial charge in [0.15, 0.2) is 5.96 Å². The highest BCUT2D eigenvalue weighted by Crippen LogP contribution is 2.25. The number of thiazole rings is 2. The number of aryl methyl sites for hydroxylation is 2. The summed E-state index contributed by atoms with van der Waals surface area (Å²) in [7, 11) is 3.43. The fraction of sp³-hybridized carbons (Fsp3) is 0.316. The van der Waals surface area contributed by atoms with Crippen molar-refractivity contribution in [2.75, 3.05) is 14.2 Å². The molecule has 27 heavy (non-hydrogen) atoms. The monoisotopic (exact) mass is 401 g/mol. The molecule has 0 atom stereocenters. The molecule has 2 N–H and O–H groups in total. The van der Waals surface area contributed by atoms with E-state index in [1.54, 1.807) is 36.8 Å². The Balaban J connectivity index is 1.54. The fourth-order valence-corrected chi connectivity index (χ4v) is 4.12. The summed E-state index contributed by atoms with van der Waals surface area (Å²) >= 11 is 3.34. The number of ether oxygens (including phenoxy) is 1. The minimum atomic E-state index is 0.613. The van der Waals surface area contributed by atoms with Crippen LogP contribution in [-0.4, -0.2) is 30.1 Å². The lowest BCUT2D eigenvalue weighted by Gasteiger charge is -2.09. The molecular formula is C19H23N5OS2. The fourth-order valence-electron chi connectivity index (χ4n) is 2.42. The van der Waals surface area contributed by atoms with E-state index in [-0.39, 0.29) is 0 Å². The standard InChI is InChI=1S/C19H23N5OS2/c1-12-13(2)27-17(23-12)10-22-19(20-3)21-9-15-11-26-18(24-15)14-5-7-16(25-4)8-6-14/h5-8,11H,9-10H2,1-4H3,(H2,20,21,22). The van der Waals surface area contributed by atoms with E-state index in [4.69, 9.17) is 9.72 Å². The Kier molecular flexibility index (Phi) is 6.41. The molecule has 0 amide bonds. The SMILES string of the molecule is CN=C(NCc1csc(-c2ccc(OC)cc2)n1)NCc1nc(C)c(C)s1. The number of aliphatic imine (C=N–C) groups is 1. The zero-order chi connectivity index (χ0) is 19.2. The molecule has 3 rings (SSSR count). The van der Waals surface area contributed by atoms with E-state index >= 15 is 0 Å². The Morgan fingerprint density at radius 3 is 2.48 bits per heavy atom. The highest BCUT2D eigenvalue weighted by atomic mass is 32.1. The number of hydrogen-bond donors (Lipinski definition) is 2. The van der Waals surface area contributed by atoms with Crippen LogP contribution in [0.2, 0.25) is 0 Å².